The molecule has 28 heavy (non-hydrogen) atoms. The molecule has 1 saturated heterocycles. The summed E-state index contributed by atoms with van der Waals surface area (Å²) in [4.78, 5) is 14.0. The Morgan fingerprint density at radius 3 is 2.64 bits per heavy atom. The van der Waals surface area contributed by atoms with E-state index in [4.69, 9.17) is 10.5 Å². The summed E-state index contributed by atoms with van der Waals surface area (Å²) in [7, 11) is 0. The molecule has 0 radical (unpaired) electrons. The highest BCUT2D eigenvalue weighted by molar-refractivity contribution is 6.02. The molecule has 0 spiro atoms. The maximum Gasteiger partial charge on any atom is 0.244 e. The van der Waals surface area contributed by atoms with Crippen molar-refractivity contribution in [2.24, 2.45) is 5.92 Å². The Labute approximate surface area is 162 Å². The maximum absolute atomic E-state index is 12.4. The fraction of sp³-hybridized carbons (Fsp3) is 0.350. The number of hydrogen-bond acceptors (Lipinski definition) is 5. The molecule has 4 heterocycles. The van der Waals surface area contributed by atoms with Gasteiger partial charge in [0.1, 0.15) is 12.5 Å². The number of nitrogens with zero attached hydrogens (tertiary/aromatic N) is 7. The fourth-order valence-electron chi connectivity index (χ4n) is 3.10. The molecule has 1 aliphatic carbocycles. The van der Waals surface area contributed by atoms with E-state index in [-0.39, 0.29) is 12.5 Å². The predicted octanol–water partition coefficient (Wildman–Crippen LogP) is 2.77. The molecule has 3 aromatic heterocycles. The number of carbonyl (C=O) groups excluding carboxylic acids is 1. The average molecular weight is 373 g/mol. The van der Waals surface area contributed by atoms with E-state index in [1.165, 1.54) is 19.3 Å². The van der Waals surface area contributed by atoms with Crippen molar-refractivity contribution in [3.05, 3.63) is 36.9 Å². The summed E-state index contributed by atoms with van der Waals surface area (Å²) in [6.45, 7) is 0.714. The lowest BCUT2D eigenvalue weighted by atomic mass is 10.1. The first-order valence-electron chi connectivity index (χ1n) is 9.29. The van der Waals surface area contributed by atoms with E-state index in [0.29, 0.717) is 13.0 Å². The second kappa shape index (κ2) is 7.53. The number of fused-ring (bicyclic) bond motifs is 1. The van der Waals surface area contributed by atoms with Gasteiger partial charge in [-0.2, -0.15) is 20.7 Å². The molecule has 1 atom stereocenters. The number of amides is 1. The molecule has 5 rings (SSSR count). The quantitative estimate of drug-likeness (QED) is 0.702. The Balaban J connectivity index is 0.000000586. The van der Waals surface area contributed by atoms with Crippen molar-refractivity contribution < 1.29 is 4.79 Å². The van der Waals surface area contributed by atoms with Gasteiger partial charge < -0.3 is 4.90 Å². The van der Waals surface area contributed by atoms with Crippen molar-refractivity contribution in [1.82, 2.24) is 19.4 Å². The highest BCUT2D eigenvalue weighted by Gasteiger charge is 2.33. The van der Waals surface area contributed by atoms with Gasteiger partial charge in [-0.25, -0.2) is 4.52 Å². The van der Waals surface area contributed by atoms with Crippen LogP contribution in [0.2, 0.25) is 0 Å². The first-order valence-corrected chi connectivity index (χ1v) is 9.29. The summed E-state index contributed by atoms with van der Waals surface area (Å²) in [6.07, 6.45) is 12.0. The van der Waals surface area contributed by atoms with E-state index in [1.807, 2.05) is 18.3 Å². The third kappa shape index (κ3) is 3.45. The van der Waals surface area contributed by atoms with Gasteiger partial charge in [-0.1, -0.05) is 19.3 Å². The van der Waals surface area contributed by atoms with Crippen LogP contribution < -0.4 is 4.90 Å². The molecule has 0 bridgehead atoms. The van der Waals surface area contributed by atoms with Crippen molar-refractivity contribution in [3.63, 3.8) is 0 Å². The second-order valence-electron chi connectivity index (χ2n) is 6.88. The van der Waals surface area contributed by atoms with Crippen molar-refractivity contribution >= 4 is 17.1 Å². The Kier molecular flexibility index (Phi) is 4.77. The number of aromatic nitrogens is 4. The van der Waals surface area contributed by atoms with Gasteiger partial charge >= 0.3 is 0 Å². The van der Waals surface area contributed by atoms with Gasteiger partial charge in [0.05, 0.1) is 29.5 Å². The van der Waals surface area contributed by atoms with Gasteiger partial charge in [-0.05, 0) is 18.6 Å². The minimum Gasteiger partial charge on any atom is -0.309 e. The van der Waals surface area contributed by atoms with Crippen molar-refractivity contribution in [2.75, 3.05) is 11.4 Å². The highest BCUT2D eigenvalue weighted by atomic mass is 16.2. The topological polar surface area (TPSA) is 103 Å². The van der Waals surface area contributed by atoms with Gasteiger partial charge in [0.15, 0.2) is 0 Å². The van der Waals surface area contributed by atoms with Crippen molar-refractivity contribution in [2.45, 2.75) is 32.2 Å². The minimum absolute atomic E-state index is 0.166. The van der Waals surface area contributed by atoms with Crippen LogP contribution in [0.5, 0.6) is 0 Å². The van der Waals surface area contributed by atoms with Gasteiger partial charge in [-0.3, -0.25) is 9.48 Å². The molecule has 0 N–H and O–H groups in total. The number of hydrogen-bond donors (Lipinski definition) is 0. The highest BCUT2D eigenvalue weighted by Crippen LogP contribution is 2.31. The second-order valence-corrected chi connectivity index (χ2v) is 6.88. The van der Waals surface area contributed by atoms with Crippen LogP contribution in [-0.4, -0.2) is 31.8 Å². The van der Waals surface area contributed by atoms with Gasteiger partial charge in [0.2, 0.25) is 5.91 Å². The van der Waals surface area contributed by atoms with Gasteiger partial charge in [0, 0.05) is 36.3 Å². The zero-order chi connectivity index (χ0) is 19.5. The molecule has 0 aromatic carbocycles. The number of carbonyl (C=O) groups is 1. The Morgan fingerprint density at radius 1 is 1.14 bits per heavy atom. The maximum atomic E-state index is 12.4. The lowest BCUT2D eigenvalue weighted by Gasteiger charge is -2.16. The summed E-state index contributed by atoms with van der Waals surface area (Å²) in [5, 5.41) is 26.3. The monoisotopic (exact) mass is 373 g/mol. The van der Waals surface area contributed by atoms with Crippen LogP contribution in [0.25, 0.3) is 16.6 Å². The molecule has 3 aromatic rings. The average Bonchev–Trinajstić information content (AvgIpc) is 3.27. The summed E-state index contributed by atoms with van der Waals surface area (Å²) >= 11 is 0. The lowest BCUT2D eigenvalue weighted by Crippen LogP contribution is -2.27. The largest absolute Gasteiger partial charge is 0.309 e. The molecular weight excluding hydrogens is 354 g/mol. The van der Waals surface area contributed by atoms with E-state index in [0.717, 1.165) is 22.3 Å². The van der Waals surface area contributed by atoms with Crippen LogP contribution in [0.15, 0.2) is 36.9 Å². The lowest BCUT2D eigenvalue weighted by molar-refractivity contribution is -0.118. The van der Waals surface area contributed by atoms with E-state index < -0.39 is 5.92 Å². The standard InChI is InChI=1S/C17H13N7O.C3H6/c18-3-6-22-10-14(9-21-22)13-7-16-15(1-4-20-24(16)11-13)23-5-2-12(8-19)17(23)25;1-2-3-1/h1,4,7,9-12H,2,5-6H2;1-3H2. The molecule has 1 aliphatic heterocycles. The molecule has 1 unspecified atom stereocenters. The zero-order valence-corrected chi connectivity index (χ0v) is 15.3. The van der Waals surface area contributed by atoms with Crippen molar-refractivity contribution in [3.8, 4) is 23.3 Å². The Bertz CT molecular complexity index is 1090. The third-order valence-electron chi connectivity index (χ3n) is 4.69. The van der Waals surface area contributed by atoms with Crippen LogP contribution >= 0.6 is 0 Å². The van der Waals surface area contributed by atoms with Gasteiger partial charge in [0.25, 0.3) is 0 Å². The van der Waals surface area contributed by atoms with E-state index in [2.05, 4.69) is 16.3 Å². The van der Waals surface area contributed by atoms with Crippen LogP contribution in [0.4, 0.5) is 5.69 Å². The molecule has 8 heteroatoms. The van der Waals surface area contributed by atoms with E-state index >= 15 is 0 Å². The number of anilines is 1. The van der Waals surface area contributed by atoms with Crippen LogP contribution in [0, 0.1) is 28.6 Å². The molecule has 2 fully saturated rings. The predicted molar refractivity (Wildman–Crippen MR) is 102 cm³/mol. The minimum atomic E-state index is -0.577. The first-order chi connectivity index (χ1) is 13.7. The Hall–Kier alpha value is -3.65. The third-order valence-corrected chi connectivity index (χ3v) is 4.69. The van der Waals surface area contributed by atoms with Gasteiger partial charge in [-0.15, -0.1) is 0 Å². The first kappa shape index (κ1) is 17.7. The van der Waals surface area contributed by atoms with Crippen LogP contribution in [0.1, 0.15) is 25.7 Å². The summed E-state index contributed by atoms with van der Waals surface area (Å²) in [5.74, 6) is -0.743. The summed E-state index contributed by atoms with van der Waals surface area (Å²) in [5.41, 5.74) is 3.30. The fourth-order valence-corrected chi connectivity index (χ4v) is 3.10. The zero-order valence-electron chi connectivity index (χ0n) is 15.3. The summed E-state index contributed by atoms with van der Waals surface area (Å²) in [6, 6.07) is 7.83. The van der Waals surface area contributed by atoms with Crippen LogP contribution in [0.3, 0.4) is 0 Å². The van der Waals surface area contributed by atoms with Crippen molar-refractivity contribution in [1.29, 1.82) is 10.5 Å². The molecule has 1 amide bonds. The molecule has 8 nitrogen and oxygen atoms in total. The SMILES string of the molecule is C1CC1.N#CCn1cc(-c2cc3c(N4CCC(C#N)C4=O)ccnn3c2)cn1. The summed E-state index contributed by atoms with van der Waals surface area (Å²) < 4.78 is 3.27. The van der Waals surface area contributed by atoms with Crippen LogP contribution in [-0.2, 0) is 11.3 Å². The smallest absolute Gasteiger partial charge is 0.244 e. The number of rotatable bonds is 3. The van der Waals surface area contributed by atoms with E-state index in [1.54, 1.807) is 38.8 Å². The molecule has 140 valence electrons. The number of nitriles is 2. The normalized spacial score (nSPS) is 17.7. The Morgan fingerprint density at radius 2 is 1.96 bits per heavy atom. The molecule has 2 aliphatic rings. The molecular formula is C20H19N7O. The molecule has 1 saturated carbocycles. The van der Waals surface area contributed by atoms with E-state index in [9.17, 15) is 4.79 Å².